The monoisotopic (exact) mass is 594 g/mol. The first-order chi connectivity index (χ1) is 21.4. The largest absolute Gasteiger partial charge is 0.368 e. The van der Waals surface area contributed by atoms with Crippen LogP contribution in [0, 0.1) is 17.1 Å². The molecule has 0 spiro atoms. The van der Waals surface area contributed by atoms with Crippen LogP contribution in [-0.4, -0.2) is 76.3 Å². The van der Waals surface area contributed by atoms with Crippen molar-refractivity contribution in [2.75, 3.05) is 53.2 Å². The Bertz CT molecular complexity index is 1750. The van der Waals surface area contributed by atoms with Crippen LogP contribution in [0.1, 0.15) is 44.6 Å². The highest BCUT2D eigenvalue weighted by Gasteiger charge is 2.41. The van der Waals surface area contributed by atoms with E-state index >= 15 is 0 Å². The molecule has 12 heteroatoms. The summed E-state index contributed by atoms with van der Waals surface area (Å²) in [5.74, 6) is 0.434. The number of rotatable bonds is 5. The molecule has 1 amide bonds. The number of amides is 1. The molecule has 2 aliphatic heterocycles. The number of aromatic amines is 1. The normalized spacial score (nSPS) is 19.7. The fourth-order valence-corrected chi connectivity index (χ4v) is 6.79. The first-order valence-corrected chi connectivity index (χ1v) is 15.3. The van der Waals surface area contributed by atoms with E-state index in [9.17, 15) is 14.4 Å². The number of halogens is 1. The van der Waals surface area contributed by atoms with Gasteiger partial charge in [-0.3, -0.25) is 14.8 Å². The van der Waals surface area contributed by atoms with Gasteiger partial charge in [0.15, 0.2) is 11.6 Å². The van der Waals surface area contributed by atoms with Crippen LogP contribution in [-0.2, 0) is 4.79 Å². The Morgan fingerprint density at radius 1 is 1.05 bits per heavy atom. The van der Waals surface area contributed by atoms with E-state index in [4.69, 9.17) is 4.98 Å². The van der Waals surface area contributed by atoms with Crippen molar-refractivity contribution in [3.8, 4) is 6.07 Å². The summed E-state index contributed by atoms with van der Waals surface area (Å²) in [7, 11) is 2.10. The molecule has 1 atom stereocenters. The molecule has 2 fully saturated rings. The van der Waals surface area contributed by atoms with E-state index in [1.54, 1.807) is 29.4 Å². The molecule has 2 N–H and O–H groups in total. The molecular formula is C32H35FN10O. The van der Waals surface area contributed by atoms with Gasteiger partial charge in [0.05, 0.1) is 29.3 Å². The summed E-state index contributed by atoms with van der Waals surface area (Å²) >= 11 is 0. The second-order valence-corrected chi connectivity index (χ2v) is 12.0. The first-order valence-electron chi connectivity index (χ1n) is 15.3. The van der Waals surface area contributed by atoms with E-state index in [0.717, 1.165) is 57.5 Å². The van der Waals surface area contributed by atoms with E-state index in [-0.39, 0.29) is 11.9 Å². The van der Waals surface area contributed by atoms with Crippen molar-refractivity contribution in [2.24, 2.45) is 0 Å². The summed E-state index contributed by atoms with van der Waals surface area (Å²) in [5.41, 5.74) is 3.41. The zero-order valence-corrected chi connectivity index (χ0v) is 24.9. The number of fused-ring (bicyclic) bond motifs is 2. The summed E-state index contributed by atoms with van der Waals surface area (Å²) in [6.45, 7) is 5.45. The lowest BCUT2D eigenvalue weighted by molar-refractivity contribution is -0.119. The molecule has 2 aromatic heterocycles. The van der Waals surface area contributed by atoms with Crippen LogP contribution in [0.3, 0.4) is 0 Å². The molecule has 1 saturated heterocycles. The smallest absolute Gasteiger partial charge is 0.254 e. The molecule has 7 rings (SSSR count). The molecule has 0 bridgehead atoms. The number of nitrogens with one attached hydrogen (secondary N) is 2. The van der Waals surface area contributed by atoms with Gasteiger partial charge in [0.25, 0.3) is 5.91 Å². The lowest BCUT2D eigenvalue weighted by atomic mass is 9.92. The number of hydrogen-bond donors (Lipinski definition) is 2. The minimum Gasteiger partial charge on any atom is -0.368 e. The Balaban J connectivity index is 1.28. The van der Waals surface area contributed by atoms with E-state index in [1.165, 1.54) is 12.5 Å². The third kappa shape index (κ3) is 4.97. The maximum absolute atomic E-state index is 14.7. The highest BCUT2D eigenvalue weighted by Crippen LogP contribution is 2.43. The number of carbonyl (C=O) groups excluding carboxylic acids is 1. The van der Waals surface area contributed by atoms with Gasteiger partial charge < -0.3 is 20.0 Å². The van der Waals surface area contributed by atoms with Crippen molar-refractivity contribution in [3.05, 3.63) is 54.1 Å². The average Bonchev–Trinajstić information content (AvgIpc) is 3.52. The standard InChI is InChI=1S/C32H35FN10O/c1-20-31(44)43(25-8-9-27(21(15-25)17-34)41-12-10-40(2)11-13-41)28-19-35-32(38-30(28)42(20)24-6-4-3-5-7-24)37-23-14-22-18-36-39-29(22)26(33)16-23/h8-9,14-16,18-20,24H,3-7,10-13H2,1-2H3,(H,36,39)(H,35,37,38)/t20-/m1/s1. The van der Waals surface area contributed by atoms with E-state index < -0.39 is 11.9 Å². The Hall–Kier alpha value is -4.76. The van der Waals surface area contributed by atoms with E-state index in [1.807, 2.05) is 19.1 Å². The van der Waals surface area contributed by atoms with Crippen LogP contribution in [0.2, 0.25) is 0 Å². The van der Waals surface area contributed by atoms with Crippen LogP contribution in [0.5, 0.6) is 0 Å². The average molecular weight is 595 g/mol. The zero-order valence-electron chi connectivity index (χ0n) is 24.9. The Kier molecular flexibility index (Phi) is 7.26. The summed E-state index contributed by atoms with van der Waals surface area (Å²) in [5, 5.41) is 20.5. The number of H-pyrrole nitrogens is 1. The minimum absolute atomic E-state index is 0.0869. The minimum atomic E-state index is -0.476. The number of likely N-dealkylation sites (N-methyl/N-ethyl adjacent to an activating group) is 1. The lowest BCUT2D eigenvalue weighted by Gasteiger charge is -2.45. The van der Waals surface area contributed by atoms with Crippen LogP contribution in [0.25, 0.3) is 10.9 Å². The van der Waals surface area contributed by atoms with Gasteiger partial charge in [0.2, 0.25) is 5.95 Å². The third-order valence-corrected chi connectivity index (χ3v) is 9.16. The number of carbonyl (C=O) groups is 1. The molecule has 226 valence electrons. The molecule has 11 nitrogen and oxygen atoms in total. The molecule has 3 aliphatic rings. The van der Waals surface area contributed by atoms with Crippen molar-refractivity contribution in [1.29, 1.82) is 5.26 Å². The number of piperazine rings is 1. The van der Waals surface area contributed by atoms with Gasteiger partial charge in [-0.05, 0) is 57.1 Å². The molecule has 4 aromatic rings. The van der Waals surface area contributed by atoms with Crippen molar-refractivity contribution >= 4 is 51.3 Å². The second-order valence-electron chi connectivity index (χ2n) is 12.0. The second kappa shape index (κ2) is 11.4. The number of anilines is 6. The molecule has 1 aliphatic carbocycles. The summed E-state index contributed by atoms with van der Waals surface area (Å²) in [6.07, 6.45) is 8.55. The van der Waals surface area contributed by atoms with Crippen LogP contribution < -0.4 is 20.0 Å². The van der Waals surface area contributed by atoms with Crippen LogP contribution in [0.4, 0.5) is 38.9 Å². The molecule has 4 heterocycles. The Morgan fingerprint density at radius 2 is 1.84 bits per heavy atom. The highest BCUT2D eigenvalue weighted by atomic mass is 19.1. The highest BCUT2D eigenvalue weighted by molar-refractivity contribution is 6.10. The molecule has 44 heavy (non-hydrogen) atoms. The maximum atomic E-state index is 14.7. The Morgan fingerprint density at radius 3 is 2.61 bits per heavy atom. The predicted molar refractivity (Wildman–Crippen MR) is 168 cm³/mol. The molecule has 2 aromatic carbocycles. The Labute approximate surface area is 255 Å². The van der Waals surface area contributed by atoms with Gasteiger partial charge >= 0.3 is 0 Å². The zero-order chi connectivity index (χ0) is 30.4. The summed E-state index contributed by atoms with van der Waals surface area (Å²) < 4.78 is 14.7. The van der Waals surface area contributed by atoms with Crippen molar-refractivity contribution in [1.82, 2.24) is 25.1 Å². The predicted octanol–water partition coefficient (Wildman–Crippen LogP) is 5.06. The maximum Gasteiger partial charge on any atom is 0.254 e. The van der Waals surface area contributed by atoms with Gasteiger partial charge in [-0.15, -0.1) is 0 Å². The van der Waals surface area contributed by atoms with Gasteiger partial charge in [-0.25, -0.2) is 9.37 Å². The SMILES string of the molecule is C[C@@H]1C(=O)N(c2ccc(N3CCN(C)CC3)c(C#N)c2)c2cnc(Nc3cc(F)c4[nH]ncc4c3)nc2N1C1CCCCC1. The number of aromatic nitrogens is 4. The molecule has 0 radical (unpaired) electrons. The fraction of sp³-hybridized carbons (Fsp3) is 0.406. The van der Waals surface area contributed by atoms with Gasteiger partial charge in [-0.1, -0.05) is 19.3 Å². The van der Waals surface area contributed by atoms with E-state index in [0.29, 0.717) is 45.3 Å². The topological polar surface area (TPSA) is 120 Å². The molecular weight excluding hydrogens is 559 g/mol. The lowest BCUT2D eigenvalue weighted by Crippen LogP contribution is -2.55. The van der Waals surface area contributed by atoms with Crippen molar-refractivity contribution < 1.29 is 9.18 Å². The number of nitriles is 1. The van der Waals surface area contributed by atoms with Crippen molar-refractivity contribution in [2.45, 2.75) is 51.1 Å². The fourth-order valence-electron chi connectivity index (χ4n) is 6.79. The quantitative estimate of drug-likeness (QED) is 0.327. The van der Waals surface area contributed by atoms with Crippen LogP contribution in [0.15, 0.2) is 42.7 Å². The van der Waals surface area contributed by atoms with E-state index in [2.05, 4.69) is 48.3 Å². The summed E-state index contributed by atoms with van der Waals surface area (Å²) in [4.78, 5) is 32.0. The van der Waals surface area contributed by atoms with Gasteiger partial charge in [-0.2, -0.15) is 15.3 Å². The molecule has 0 unspecified atom stereocenters. The van der Waals surface area contributed by atoms with Crippen molar-refractivity contribution in [3.63, 3.8) is 0 Å². The summed E-state index contributed by atoms with van der Waals surface area (Å²) in [6, 6.07) is 10.9. The first kappa shape index (κ1) is 28.0. The molecule has 1 saturated carbocycles. The van der Waals surface area contributed by atoms with Crippen LogP contribution >= 0.6 is 0 Å². The third-order valence-electron chi connectivity index (χ3n) is 9.16. The van der Waals surface area contributed by atoms with Gasteiger partial charge in [0, 0.05) is 43.3 Å². The van der Waals surface area contributed by atoms with Gasteiger partial charge in [0.1, 0.15) is 23.3 Å². The number of hydrogen-bond acceptors (Lipinski definition) is 9. The number of benzene rings is 2. The number of nitrogens with zero attached hydrogens (tertiary/aromatic N) is 8.